The first-order valence-corrected chi connectivity index (χ1v) is 14.3. The standard InChI is InChI=1S/C34H25FN6O5/c35-28-25(12-7-13-26(28)42)32-36-27(39-46-32)20-45-24-16-14-23(15-17-24)30-37-29-31(38-30)40(18-21-8-3-1-4-9-21)34(44)41(33(29)43)19-22-10-5-2-6-11-22/h1-17,42H,18-20H2,(H,37,38). The molecule has 228 valence electrons. The summed E-state index contributed by atoms with van der Waals surface area (Å²) in [7, 11) is 0. The second kappa shape index (κ2) is 12.0. The Kier molecular flexibility index (Phi) is 7.43. The van der Waals surface area contributed by atoms with E-state index in [0.29, 0.717) is 17.1 Å². The van der Waals surface area contributed by atoms with Crippen molar-refractivity contribution in [1.82, 2.24) is 29.2 Å². The highest BCUT2D eigenvalue weighted by Gasteiger charge is 2.19. The van der Waals surface area contributed by atoms with Gasteiger partial charge in [0.25, 0.3) is 11.4 Å². The highest BCUT2D eigenvalue weighted by Crippen LogP contribution is 2.27. The molecular formula is C34H25FN6O5. The summed E-state index contributed by atoms with van der Waals surface area (Å²) in [6, 6.07) is 29.9. The van der Waals surface area contributed by atoms with Gasteiger partial charge in [0.1, 0.15) is 17.1 Å². The summed E-state index contributed by atoms with van der Waals surface area (Å²) in [6.45, 7) is 0.299. The van der Waals surface area contributed by atoms with Crippen molar-refractivity contribution in [3.8, 4) is 34.3 Å². The number of phenols is 1. The number of rotatable bonds is 9. The Morgan fingerprint density at radius 3 is 2.17 bits per heavy atom. The van der Waals surface area contributed by atoms with Crippen molar-refractivity contribution >= 4 is 11.2 Å². The van der Waals surface area contributed by atoms with E-state index in [9.17, 15) is 19.1 Å². The number of ether oxygens (including phenoxy) is 1. The van der Waals surface area contributed by atoms with Crippen LogP contribution in [0.15, 0.2) is 117 Å². The first kappa shape index (κ1) is 28.5. The molecule has 0 unspecified atom stereocenters. The number of aromatic nitrogens is 6. The molecule has 7 rings (SSSR count). The zero-order valence-corrected chi connectivity index (χ0v) is 24.1. The third-order valence-electron chi connectivity index (χ3n) is 7.40. The van der Waals surface area contributed by atoms with E-state index >= 15 is 0 Å². The van der Waals surface area contributed by atoms with Crippen LogP contribution in [0.2, 0.25) is 0 Å². The van der Waals surface area contributed by atoms with Gasteiger partial charge in [0.2, 0.25) is 5.82 Å². The predicted octanol–water partition coefficient (Wildman–Crippen LogP) is 5.12. The summed E-state index contributed by atoms with van der Waals surface area (Å²) in [5.41, 5.74) is 1.93. The number of benzene rings is 4. The SMILES string of the molecule is O=c1c2[nH]c(-c3ccc(OCc4noc(-c5cccc(O)c5F)n4)cc3)nc2n(Cc2ccccc2)c(=O)n1Cc1ccccc1. The normalized spacial score (nSPS) is 11.2. The lowest BCUT2D eigenvalue weighted by Gasteiger charge is -2.11. The summed E-state index contributed by atoms with van der Waals surface area (Å²) < 4.78 is 27.9. The number of halogens is 1. The molecule has 3 heterocycles. The predicted molar refractivity (Wildman–Crippen MR) is 167 cm³/mol. The molecule has 0 radical (unpaired) electrons. The molecule has 0 bridgehead atoms. The van der Waals surface area contributed by atoms with Crippen LogP contribution in [-0.4, -0.2) is 34.3 Å². The van der Waals surface area contributed by atoms with Gasteiger partial charge in [-0.3, -0.25) is 13.9 Å². The van der Waals surface area contributed by atoms with Crippen LogP contribution in [0.25, 0.3) is 34.0 Å². The topological polar surface area (TPSA) is 141 Å². The lowest BCUT2D eigenvalue weighted by molar-refractivity contribution is 0.287. The Morgan fingerprint density at radius 2 is 1.48 bits per heavy atom. The monoisotopic (exact) mass is 616 g/mol. The van der Waals surface area contributed by atoms with Crippen molar-refractivity contribution in [3.63, 3.8) is 0 Å². The van der Waals surface area contributed by atoms with Gasteiger partial charge < -0.3 is 19.4 Å². The largest absolute Gasteiger partial charge is 0.505 e. The third kappa shape index (κ3) is 5.54. The molecule has 0 spiro atoms. The average Bonchev–Trinajstić information content (AvgIpc) is 3.75. The van der Waals surface area contributed by atoms with Crippen molar-refractivity contribution in [2.24, 2.45) is 0 Å². The van der Waals surface area contributed by atoms with Crippen LogP contribution in [-0.2, 0) is 19.7 Å². The van der Waals surface area contributed by atoms with E-state index in [0.717, 1.165) is 11.1 Å². The second-order valence-corrected chi connectivity index (χ2v) is 10.5. The molecule has 2 N–H and O–H groups in total. The number of hydrogen-bond donors (Lipinski definition) is 2. The van der Waals surface area contributed by atoms with Crippen molar-refractivity contribution in [2.45, 2.75) is 19.7 Å². The molecule has 3 aromatic heterocycles. The quantitative estimate of drug-likeness (QED) is 0.228. The van der Waals surface area contributed by atoms with Crippen molar-refractivity contribution in [1.29, 1.82) is 0 Å². The minimum absolute atomic E-state index is 0.0186. The van der Waals surface area contributed by atoms with Gasteiger partial charge >= 0.3 is 5.69 Å². The van der Waals surface area contributed by atoms with Gasteiger partial charge in [-0.2, -0.15) is 4.98 Å². The van der Waals surface area contributed by atoms with Crippen LogP contribution in [0.3, 0.4) is 0 Å². The molecule has 4 aromatic carbocycles. The number of H-pyrrole nitrogens is 1. The van der Waals surface area contributed by atoms with Crippen LogP contribution in [0.5, 0.6) is 11.5 Å². The van der Waals surface area contributed by atoms with E-state index < -0.39 is 22.8 Å². The summed E-state index contributed by atoms with van der Waals surface area (Å²) >= 11 is 0. The van der Waals surface area contributed by atoms with Gasteiger partial charge in [-0.25, -0.2) is 14.2 Å². The van der Waals surface area contributed by atoms with Gasteiger partial charge in [0, 0.05) is 5.56 Å². The molecule has 0 saturated heterocycles. The first-order valence-electron chi connectivity index (χ1n) is 14.3. The number of imidazole rings is 1. The highest BCUT2D eigenvalue weighted by molar-refractivity contribution is 5.75. The Hall–Kier alpha value is -6.30. The zero-order chi connectivity index (χ0) is 31.6. The molecule has 11 nitrogen and oxygen atoms in total. The second-order valence-electron chi connectivity index (χ2n) is 10.5. The number of aromatic hydroxyl groups is 1. The summed E-state index contributed by atoms with van der Waals surface area (Å²) in [5, 5.41) is 13.4. The fourth-order valence-electron chi connectivity index (χ4n) is 5.08. The van der Waals surface area contributed by atoms with Crippen LogP contribution >= 0.6 is 0 Å². The van der Waals surface area contributed by atoms with E-state index in [4.69, 9.17) is 9.26 Å². The number of nitrogens with zero attached hydrogens (tertiary/aromatic N) is 5. The fraction of sp³-hybridized carbons (Fsp3) is 0.0882. The van der Waals surface area contributed by atoms with E-state index in [-0.39, 0.29) is 48.1 Å². The molecule has 0 aliphatic carbocycles. The molecule has 46 heavy (non-hydrogen) atoms. The lowest BCUT2D eigenvalue weighted by atomic mass is 10.2. The maximum Gasteiger partial charge on any atom is 0.333 e. The van der Waals surface area contributed by atoms with Crippen LogP contribution in [0.4, 0.5) is 4.39 Å². The lowest BCUT2D eigenvalue weighted by Crippen LogP contribution is -2.40. The number of aromatic amines is 1. The van der Waals surface area contributed by atoms with E-state index in [2.05, 4.69) is 20.1 Å². The molecular weight excluding hydrogens is 591 g/mol. The van der Waals surface area contributed by atoms with Gasteiger partial charge in [-0.15, -0.1) is 0 Å². The molecule has 0 fully saturated rings. The number of hydrogen-bond acceptors (Lipinski definition) is 8. The Balaban J connectivity index is 1.16. The molecule has 0 aliphatic heterocycles. The summed E-state index contributed by atoms with van der Waals surface area (Å²) in [4.78, 5) is 39.3. The smallest absolute Gasteiger partial charge is 0.333 e. The van der Waals surface area contributed by atoms with Gasteiger partial charge in [0.15, 0.2) is 23.8 Å². The van der Waals surface area contributed by atoms with Crippen molar-refractivity contribution in [2.75, 3.05) is 0 Å². The fourth-order valence-corrected chi connectivity index (χ4v) is 5.08. The van der Waals surface area contributed by atoms with E-state index in [1.165, 1.54) is 27.3 Å². The van der Waals surface area contributed by atoms with Gasteiger partial charge in [-0.05, 0) is 47.5 Å². The maximum absolute atomic E-state index is 14.2. The minimum atomic E-state index is -0.855. The molecule has 0 atom stereocenters. The number of fused-ring (bicyclic) bond motifs is 1. The highest BCUT2D eigenvalue weighted by atomic mass is 19.1. The Labute approximate surface area is 259 Å². The van der Waals surface area contributed by atoms with Crippen LogP contribution < -0.4 is 16.0 Å². The van der Waals surface area contributed by atoms with Crippen LogP contribution in [0.1, 0.15) is 17.0 Å². The minimum Gasteiger partial charge on any atom is -0.505 e. The van der Waals surface area contributed by atoms with Crippen LogP contribution in [0, 0.1) is 5.82 Å². The average molecular weight is 617 g/mol. The Morgan fingerprint density at radius 1 is 0.804 bits per heavy atom. The number of phenolic OH excluding ortho intramolecular Hbond substituents is 1. The van der Waals surface area contributed by atoms with Gasteiger partial charge in [-0.1, -0.05) is 71.9 Å². The van der Waals surface area contributed by atoms with Crippen molar-refractivity contribution in [3.05, 3.63) is 147 Å². The van der Waals surface area contributed by atoms with Crippen molar-refractivity contribution < 1.29 is 18.8 Å². The Bertz CT molecular complexity index is 2280. The molecule has 0 aliphatic rings. The number of nitrogens with one attached hydrogen (secondary N) is 1. The first-order chi connectivity index (χ1) is 22.4. The molecule has 12 heteroatoms. The third-order valence-corrected chi connectivity index (χ3v) is 7.40. The van der Waals surface area contributed by atoms with E-state index in [1.54, 1.807) is 24.3 Å². The molecule has 0 saturated carbocycles. The summed E-state index contributed by atoms with van der Waals surface area (Å²) in [6.07, 6.45) is 0. The van der Waals surface area contributed by atoms with Gasteiger partial charge in [0.05, 0.1) is 18.7 Å². The van der Waals surface area contributed by atoms with E-state index in [1.807, 2.05) is 60.7 Å². The summed E-state index contributed by atoms with van der Waals surface area (Å²) in [5.74, 6) is -0.375. The maximum atomic E-state index is 14.2. The molecule has 0 amide bonds. The molecule has 7 aromatic rings. The zero-order valence-electron chi connectivity index (χ0n) is 24.1.